The SMILES string of the molecule is NCCCCC(NC(=O)C(Cc1ccccc1)NC(=O)C(CCCCN)NC(=O)C(N)Cc1c[nH]c2ccccc12)C(=O)O. The Morgan fingerprint density at radius 1 is 0.705 bits per heavy atom. The molecule has 3 aromatic rings. The molecule has 12 nitrogen and oxygen atoms in total. The summed E-state index contributed by atoms with van der Waals surface area (Å²) in [5.41, 5.74) is 20.1. The summed E-state index contributed by atoms with van der Waals surface area (Å²) in [5.74, 6) is -2.87. The van der Waals surface area contributed by atoms with Crippen LogP contribution in [0.15, 0.2) is 60.8 Å². The molecule has 0 saturated carbocycles. The number of unbranched alkanes of at least 4 members (excludes halogenated alkanes) is 2. The van der Waals surface area contributed by atoms with E-state index in [4.69, 9.17) is 17.2 Å². The van der Waals surface area contributed by atoms with Crippen molar-refractivity contribution in [2.24, 2.45) is 17.2 Å². The zero-order valence-electron chi connectivity index (χ0n) is 25.0. The maximum atomic E-state index is 13.6. The van der Waals surface area contributed by atoms with Gasteiger partial charge in [0, 0.05) is 23.5 Å². The molecule has 0 radical (unpaired) electrons. The molecule has 0 bridgehead atoms. The van der Waals surface area contributed by atoms with Crippen LogP contribution in [0.4, 0.5) is 0 Å². The lowest BCUT2D eigenvalue weighted by Crippen LogP contribution is -2.57. The molecule has 0 spiro atoms. The summed E-state index contributed by atoms with van der Waals surface area (Å²) in [6.45, 7) is 0.831. The number of hydrogen-bond acceptors (Lipinski definition) is 7. The van der Waals surface area contributed by atoms with Crippen LogP contribution in [0.2, 0.25) is 0 Å². The normalized spacial score (nSPS) is 13.9. The van der Waals surface area contributed by atoms with Crippen molar-refractivity contribution < 1.29 is 24.3 Å². The summed E-state index contributed by atoms with van der Waals surface area (Å²) in [5, 5.41) is 18.7. The van der Waals surface area contributed by atoms with Crippen LogP contribution in [0.25, 0.3) is 10.9 Å². The summed E-state index contributed by atoms with van der Waals surface area (Å²) in [6, 6.07) is 12.6. The molecule has 0 aliphatic rings. The number of fused-ring (bicyclic) bond motifs is 1. The van der Waals surface area contributed by atoms with Crippen molar-refractivity contribution >= 4 is 34.6 Å². The Morgan fingerprint density at radius 3 is 1.93 bits per heavy atom. The molecule has 12 heteroatoms. The van der Waals surface area contributed by atoms with E-state index < -0.39 is 47.9 Å². The Hall–Kier alpha value is -4.26. The molecule has 4 unspecified atom stereocenters. The second-order valence-electron chi connectivity index (χ2n) is 11.0. The predicted octanol–water partition coefficient (Wildman–Crippen LogP) is 1.08. The minimum absolute atomic E-state index is 0.122. The van der Waals surface area contributed by atoms with Gasteiger partial charge in [0.25, 0.3) is 0 Å². The molecular formula is C32H45N7O5. The molecule has 0 saturated heterocycles. The lowest BCUT2D eigenvalue weighted by Gasteiger charge is -2.25. The number of aromatic nitrogens is 1. The van der Waals surface area contributed by atoms with Crippen LogP contribution in [0.3, 0.4) is 0 Å². The fourth-order valence-corrected chi connectivity index (χ4v) is 5.02. The van der Waals surface area contributed by atoms with Crippen molar-refractivity contribution in [1.82, 2.24) is 20.9 Å². The van der Waals surface area contributed by atoms with E-state index in [1.54, 1.807) is 0 Å². The number of aromatic amines is 1. The second kappa shape index (κ2) is 17.8. The van der Waals surface area contributed by atoms with Gasteiger partial charge in [0.1, 0.15) is 18.1 Å². The average Bonchev–Trinajstić information content (AvgIpc) is 3.42. The van der Waals surface area contributed by atoms with E-state index in [0.29, 0.717) is 38.8 Å². The number of para-hydroxylation sites is 1. The third kappa shape index (κ3) is 10.5. The summed E-state index contributed by atoms with van der Waals surface area (Å²) in [6.07, 6.45) is 5.03. The first-order valence-electron chi connectivity index (χ1n) is 15.1. The number of carbonyl (C=O) groups is 4. The molecule has 238 valence electrons. The number of carboxylic acids is 1. The number of nitrogens with one attached hydrogen (secondary N) is 4. The Morgan fingerprint density at radius 2 is 1.27 bits per heavy atom. The van der Waals surface area contributed by atoms with Crippen LogP contribution in [-0.4, -0.2) is 71.0 Å². The van der Waals surface area contributed by atoms with Crippen molar-refractivity contribution in [2.75, 3.05) is 13.1 Å². The molecule has 11 N–H and O–H groups in total. The summed E-state index contributed by atoms with van der Waals surface area (Å²) >= 11 is 0. The van der Waals surface area contributed by atoms with Crippen molar-refractivity contribution in [2.45, 2.75) is 75.5 Å². The predicted molar refractivity (Wildman–Crippen MR) is 169 cm³/mol. The number of aliphatic carboxylic acids is 1. The smallest absolute Gasteiger partial charge is 0.326 e. The van der Waals surface area contributed by atoms with Gasteiger partial charge in [-0.15, -0.1) is 0 Å². The van der Waals surface area contributed by atoms with Gasteiger partial charge in [0.15, 0.2) is 0 Å². The van der Waals surface area contributed by atoms with E-state index in [-0.39, 0.29) is 25.7 Å². The van der Waals surface area contributed by atoms with E-state index in [2.05, 4.69) is 20.9 Å². The lowest BCUT2D eigenvalue weighted by molar-refractivity contribution is -0.142. The molecular weight excluding hydrogens is 562 g/mol. The van der Waals surface area contributed by atoms with Crippen LogP contribution in [0.5, 0.6) is 0 Å². The molecule has 0 aliphatic carbocycles. The van der Waals surface area contributed by atoms with Crippen LogP contribution < -0.4 is 33.2 Å². The summed E-state index contributed by atoms with van der Waals surface area (Å²) in [7, 11) is 0. The maximum Gasteiger partial charge on any atom is 0.326 e. The highest BCUT2D eigenvalue weighted by atomic mass is 16.4. The maximum absolute atomic E-state index is 13.6. The Bertz CT molecular complexity index is 1360. The Kier molecular flexibility index (Phi) is 13.8. The third-order valence-electron chi connectivity index (χ3n) is 7.51. The van der Waals surface area contributed by atoms with Crippen LogP contribution in [0.1, 0.15) is 49.7 Å². The minimum Gasteiger partial charge on any atom is -0.480 e. The number of carbonyl (C=O) groups excluding carboxylic acids is 3. The fraction of sp³-hybridized carbons (Fsp3) is 0.438. The topological polar surface area (TPSA) is 218 Å². The van der Waals surface area contributed by atoms with Crippen molar-refractivity contribution in [3.8, 4) is 0 Å². The monoisotopic (exact) mass is 607 g/mol. The first-order chi connectivity index (χ1) is 21.2. The van der Waals surface area contributed by atoms with E-state index in [0.717, 1.165) is 22.0 Å². The zero-order valence-corrected chi connectivity index (χ0v) is 25.0. The molecule has 3 amide bonds. The van der Waals surface area contributed by atoms with Crippen molar-refractivity contribution in [3.63, 3.8) is 0 Å². The molecule has 0 fully saturated rings. The molecule has 44 heavy (non-hydrogen) atoms. The highest BCUT2D eigenvalue weighted by molar-refractivity contribution is 5.94. The fourth-order valence-electron chi connectivity index (χ4n) is 5.02. The molecule has 3 rings (SSSR count). The lowest BCUT2D eigenvalue weighted by atomic mass is 10.0. The van der Waals surface area contributed by atoms with E-state index in [1.807, 2.05) is 60.8 Å². The number of hydrogen-bond donors (Lipinski definition) is 8. The van der Waals surface area contributed by atoms with Crippen LogP contribution >= 0.6 is 0 Å². The van der Waals surface area contributed by atoms with Gasteiger partial charge < -0.3 is 43.2 Å². The largest absolute Gasteiger partial charge is 0.480 e. The van der Waals surface area contributed by atoms with E-state index in [9.17, 15) is 24.3 Å². The van der Waals surface area contributed by atoms with Gasteiger partial charge in [0.2, 0.25) is 17.7 Å². The molecule has 1 heterocycles. The number of benzene rings is 2. The standard InChI is InChI=1S/C32H45N7O5/c33-16-8-6-14-26(37-29(40)24(35)19-22-20-36-25-13-5-4-12-23(22)25)30(41)39-28(18-21-10-2-1-3-11-21)31(42)38-27(32(43)44)15-7-9-17-34/h1-5,10-13,20,24,26-28,36H,6-9,14-19,33-35H2,(H,37,40)(H,38,42)(H,39,41)(H,43,44). The van der Waals surface area contributed by atoms with Gasteiger partial charge in [-0.05, 0) is 75.2 Å². The molecule has 4 atom stereocenters. The number of nitrogens with two attached hydrogens (primary N) is 3. The van der Waals surface area contributed by atoms with Crippen LogP contribution in [0, 0.1) is 0 Å². The summed E-state index contributed by atoms with van der Waals surface area (Å²) < 4.78 is 0. The quantitative estimate of drug-likeness (QED) is 0.0920. The first-order valence-corrected chi connectivity index (χ1v) is 15.1. The number of H-pyrrole nitrogens is 1. The molecule has 2 aromatic carbocycles. The van der Waals surface area contributed by atoms with Gasteiger partial charge in [-0.25, -0.2) is 4.79 Å². The number of rotatable bonds is 19. The van der Waals surface area contributed by atoms with E-state index in [1.165, 1.54) is 0 Å². The molecule has 0 aliphatic heterocycles. The van der Waals surface area contributed by atoms with E-state index >= 15 is 0 Å². The first kappa shape index (κ1) is 34.2. The third-order valence-corrected chi connectivity index (χ3v) is 7.51. The average molecular weight is 608 g/mol. The van der Waals surface area contributed by atoms with Crippen LogP contribution in [-0.2, 0) is 32.0 Å². The number of amides is 3. The zero-order chi connectivity index (χ0) is 31.9. The highest BCUT2D eigenvalue weighted by Crippen LogP contribution is 2.19. The second-order valence-corrected chi connectivity index (χ2v) is 11.0. The van der Waals surface area contributed by atoms with Gasteiger partial charge in [-0.1, -0.05) is 48.5 Å². The van der Waals surface area contributed by atoms with Crippen molar-refractivity contribution in [3.05, 3.63) is 71.9 Å². The summed E-state index contributed by atoms with van der Waals surface area (Å²) in [4.78, 5) is 55.2. The van der Waals surface area contributed by atoms with Gasteiger partial charge in [-0.3, -0.25) is 14.4 Å². The highest BCUT2D eigenvalue weighted by Gasteiger charge is 2.30. The van der Waals surface area contributed by atoms with Crippen molar-refractivity contribution in [1.29, 1.82) is 0 Å². The van der Waals surface area contributed by atoms with Gasteiger partial charge >= 0.3 is 5.97 Å². The minimum atomic E-state index is -1.17. The molecule has 1 aromatic heterocycles. The Labute approximate surface area is 257 Å². The van der Waals surface area contributed by atoms with Gasteiger partial charge in [-0.2, -0.15) is 0 Å². The number of carboxylic acid groups (broad SMARTS) is 1. The Balaban J connectivity index is 1.74. The van der Waals surface area contributed by atoms with Gasteiger partial charge in [0.05, 0.1) is 6.04 Å².